The number of amides is 2. The van der Waals surface area contributed by atoms with Gasteiger partial charge in [0.1, 0.15) is 16.7 Å². The second-order valence-electron chi connectivity index (χ2n) is 7.55. The highest BCUT2D eigenvalue weighted by Crippen LogP contribution is 2.42. The molecule has 8 heteroatoms. The molecule has 2 amide bonds. The van der Waals surface area contributed by atoms with Crippen molar-refractivity contribution >= 4 is 56.8 Å². The minimum absolute atomic E-state index is 0.0872. The molecule has 170 valence electrons. The highest BCUT2D eigenvalue weighted by Gasteiger charge is 2.40. The zero-order chi connectivity index (χ0) is 24.1. The van der Waals surface area contributed by atoms with Gasteiger partial charge in [0.25, 0.3) is 5.91 Å². The highest BCUT2D eigenvalue weighted by atomic mass is 79.9. The summed E-state index contributed by atoms with van der Waals surface area (Å²) in [6.45, 7) is 0.281. The van der Waals surface area contributed by atoms with Crippen LogP contribution in [0.25, 0.3) is 0 Å². The first-order valence-electron chi connectivity index (χ1n) is 10.4. The molecule has 1 aliphatic rings. The molecule has 4 rings (SSSR count). The Morgan fingerprint density at radius 3 is 2.35 bits per heavy atom. The van der Waals surface area contributed by atoms with Gasteiger partial charge in [-0.05, 0) is 53.9 Å². The fourth-order valence-corrected chi connectivity index (χ4v) is 5.21. The van der Waals surface area contributed by atoms with E-state index in [1.807, 2.05) is 60.7 Å². The van der Waals surface area contributed by atoms with E-state index in [2.05, 4.69) is 21.2 Å². The van der Waals surface area contributed by atoms with E-state index in [4.69, 9.17) is 11.6 Å². The predicted molar refractivity (Wildman–Crippen MR) is 139 cm³/mol. The van der Waals surface area contributed by atoms with Crippen LogP contribution in [-0.2, 0) is 22.6 Å². The van der Waals surface area contributed by atoms with Crippen LogP contribution in [0, 0.1) is 11.3 Å². The molecule has 0 bridgehead atoms. The number of nitriles is 1. The van der Waals surface area contributed by atoms with Crippen LogP contribution >= 0.6 is 39.3 Å². The standard InChI is InChI=1S/C26H19BrClN3O2S/c27-19-8-12-21(13-9-19)31-25(33)23(14-17-6-10-20(28)11-7-17)34-26(31)22(15-29)24(32)30-16-18-4-2-1-3-5-18/h1-13,23H,14,16H2,(H,30,32)/b26-22-/t23-/m0/s1. The molecule has 3 aromatic carbocycles. The normalized spacial score (nSPS) is 16.8. The minimum atomic E-state index is -0.518. The number of hydrogen-bond acceptors (Lipinski definition) is 4. The maximum atomic E-state index is 13.5. The predicted octanol–water partition coefficient (Wildman–Crippen LogP) is 5.85. The molecule has 0 radical (unpaired) electrons. The van der Waals surface area contributed by atoms with Crippen molar-refractivity contribution in [2.24, 2.45) is 0 Å². The molecule has 3 aromatic rings. The summed E-state index contributed by atoms with van der Waals surface area (Å²) in [6, 6.07) is 26.0. The molecule has 0 aromatic heterocycles. The topological polar surface area (TPSA) is 73.2 Å². The minimum Gasteiger partial charge on any atom is -0.347 e. The van der Waals surface area contributed by atoms with E-state index in [1.165, 1.54) is 16.7 Å². The van der Waals surface area contributed by atoms with Crippen molar-refractivity contribution < 1.29 is 9.59 Å². The quantitative estimate of drug-likeness (QED) is 0.308. The maximum absolute atomic E-state index is 13.5. The third-order valence-corrected chi connectivity index (χ3v) is 7.26. The Labute approximate surface area is 215 Å². The van der Waals surface area contributed by atoms with E-state index in [0.717, 1.165) is 15.6 Å². The fourth-order valence-electron chi connectivity index (χ4n) is 3.51. The molecule has 1 fully saturated rings. The Bertz CT molecular complexity index is 1270. The number of benzene rings is 3. The molecular weight excluding hydrogens is 534 g/mol. The van der Waals surface area contributed by atoms with Gasteiger partial charge in [-0.15, -0.1) is 0 Å². The maximum Gasteiger partial charge on any atom is 0.264 e. The van der Waals surface area contributed by atoms with Gasteiger partial charge in [0.2, 0.25) is 5.91 Å². The zero-order valence-corrected chi connectivity index (χ0v) is 21.0. The smallest absolute Gasteiger partial charge is 0.264 e. The number of nitrogens with zero attached hydrogens (tertiary/aromatic N) is 2. The number of halogens is 2. The van der Waals surface area contributed by atoms with E-state index >= 15 is 0 Å². The second-order valence-corrected chi connectivity index (χ2v) is 10.1. The summed E-state index contributed by atoms with van der Waals surface area (Å²) in [5.74, 6) is -0.697. The van der Waals surface area contributed by atoms with Gasteiger partial charge in [-0.2, -0.15) is 5.26 Å². The number of anilines is 1. The lowest BCUT2D eigenvalue weighted by Crippen LogP contribution is -2.32. The van der Waals surface area contributed by atoms with Crippen LogP contribution in [0.5, 0.6) is 0 Å². The summed E-state index contributed by atoms with van der Waals surface area (Å²) in [6.07, 6.45) is 0.446. The summed E-state index contributed by atoms with van der Waals surface area (Å²) in [5, 5.41) is 13.2. The highest BCUT2D eigenvalue weighted by molar-refractivity contribution is 9.10. The lowest BCUT2D eigenvalue weighted by Gasteiger charge is -2.19. The fraction of sp³-hybridized carbons (Fsp3) is 0.115. The van der Waals surface area contributed by atoms with Gasteiger partial charge in [-0.3, -0.25) is 14.5 Å². The molecule has 34 heavy (non-hydrogen) atoms. The SMILES string of the molecule is N#C/C(C(=O)NCc1ccccc1)=C1/S[C@@H](Cc2ccc(Cl)cc2)C(=O)N1c1ccc(Br)cc1. The van der Waals surface area contributed by atoms with E-state index in [-0.39, 0.29) is 18.0 Å². The molecule has 0 unspecified atom stereocenters. The van der Waals surface area contributed by atoms with Crippen molar-refractivity contribution in [1.29, 1.82) is 5.26 Å². The first-order valence-corrected chi connectivity index (χ1v) is 12.5. The molecule has 1 heterocycles. The van der Waals surface area contributed by atoms with E-state index in [1.54, 1.807) is 24.3 Å². The van der Waals surface area contributed by atoms with Crippen LogP contribution in [0.2, 0.25) is 5.02 Å². The third-order valence-electron chi connectivity index (χ3n) is 5.22. The molecule has 0 spiro atoms. The van der Waals surface area contributed by atoms with Crippen LogP contribution in [0.15, 0.2) is 93.9 Å². The second kappa shape index (κ2) is 10.9. The van der Waals surface area contributed by atoms with Crippen molar-refractivity contribution in [1.82, 2.24) is 5.32 Å². The summed E-state index contributed by atoms with van der Waals surface area (Å²) in [7, 11) is 0. The number of carbonyl (C=O) groups excluding carboxylic acids is 2. The lowest BCUT2D eigenvalue weighted by molar-refractivity contribution is -0.117. The monoisotopic (exact) mass is 551 g/mol. The first kappa shape index (κ1) is 24.1. The van der Waals surface area contributed by atoms with E-state index < -0.39 is 11.2 Å². The Kier molecular flexibility index (Phi) is 7.73. The summed E-state index contributed by atoms with van der Waals surface area (Å²) >= 11 is 10.6. The molecule has 1 N–H and O–H groups in total. The van der Waals surface area contributed by atoms with Crippen LogP contribution < -0.4 is 10.2 Å². The molecule has 1 aliphatic heterocycles. The summed E-state index contributed by atoms with van der Waals surface area (Å²) in [5.41, 5.74) is 2.37. The Morgan fingerprint density at radius 2 is 1.71 bits per heavy atom. The van der Waals surface area contributed by atoms with E-state index in [0.29, 0.717) is 22.2 Å². The number of thioether (sulfide) groups is 1. The van der Waals surface area contributed by atoms with Gasteiger partial charge in [0.15, 0.2) is 0 Å². The molecule has 0 saturated carbocycles. The molecular formula is C26H19BrClN3O2S. The number of hydrogen-bond donors (Lipinski definition) is 1. The van der Waals surface area contributed by atoms with Gasteiger partial charge in [0.05, 0.1) is 5.25 Å². The Balaban J connectivity index is 1.66. The van der Waals surface area contributed by atoms with Gasteiger partial charge < -0.3 is 5.32 Å². The average molecular weight is 553 g/mol. The van der Waals surface area contributed by atoms with Gasteiger partial charge in [-0.1, -0.05) is 81.8 Å². The van der Waals surface area contributed by atoms with Gasteiger partial charge >= 0.3 is 0 Å². The van der Waals surface area contributed by atoms with Crippen molar-refractivity contribution in [2.45, 2.75) is 18.2 Å². The number of rotatable bonds is 6. The molecule has 1 saturated heterocycles. The van der Waals surface area contributed by atoms with Gasteiger partial charge in [0, 0.05) is 21.7 Å². The number of nitrogens with one attached hydrogen (secondary N) is 1. The number of carbonyl (C=O) groups is 2. The average Bonchev–Trinajstić information content (AvgIpc) is 3.16. The van der Waals surface area contributed by atoms with Crippen molar-refractivity contribution in [2.75, 3.05) is 4.90 Å². The third kappa shape index (κ3) is 5.53. The molecule has 1 atom stereocenters. The summed E-state index contributed by atoms with van der Waals surface area (Å²) in [4.78, 5) is 28.0. The van der Waals surface area contributed by atoms with Crippen LogP contribution in [0.1, 0.15) is 11.1 Å². The summed E-state index contributed by atoms with van der Waals surface area (Å²) < 4.78 is 0.861. The zero-order valence-electron chi connectivity index (χ0n) is 17.9. The Hall–Kier alpha value is -3.05. The lowest BCUT2D eigenvalue weighted by atomic mass is 10.1. The molecule has 5 nitrogen and oxygen atoms in total. The van der Waals surface area contributed by atoms with Crippen molar-refractivity contribution in [3.63, 3.8) is 0 Å². The molecule has 0 aliphatic carbocycles. The van der Waals surface area contributed by atoms with Crippen LogP contribution in [0.3, 0.4) is 0 Å². The van der Waals surface area contributed by atoms with E-state index in [9.17, 15) is 14.9 Å². The van der Waals surface area contributed by atoms with Crippen molar-refractivity contribution in [3.8, 4) is 6.07 Å². The first-order chi connectivity index (χ1) is 16.5. The largest absolute Gasteiger partial charge is 0.347 e. The van der Waals surface area contributed by atoms with Gasteiger partial charge in [-0.25, -0.2) is 0 Å². The van der Waals surface area contributed by atoms with Crippen LogP contribution in [-0.4, -0.2) is 17.1 Å². The van der Waals surface area contributed by atoms with Crippen LogP contribution in [0.4, 0.5) is 5.69 Å². The Morgan fingerprint density at radius 1 is 1.03 bits per heavy atom. The van der Waals surface area contributed by atoms with Crippen molar-refractivity contribution in [3.05, 3.63) is 110 Å².